The predicted octanol–water partition coefficient (Wildman–Crippen LogP) is 3.82. The zero-order valence-corrected chi connectivity index (χ0v) is 18.6. The van der Waals surface area contributed by atoms with Crippen molar-refractivity contribution in [2.45, 2.75) is 64.2 Å². The average Bonchev–Trinajstić information content (AvgIpc) is 3.31. The fraction of sp³-hybridized carbons (Fsp3) is 0.696. The van der Waals surface area contributed by atoms with E-state index in [1.165, 1.54) is 0 Å². The van der Waals surface area contributed by atoms with Gasteiger partial charge in [0.2, 0.25) is 10.0 Å². The van der Waals surface area contributed by atoms with Crippen LogP contribution in [-0.2, 0) is 20.2 Å². The molecule has 6 heteroatoms. The van der Waals surface area contributed by atoms with Crippen molar-refractivity contribution >= 4 is 15.8 Å². The number of ether oxygens (including phenoxy) is 1. The Hall–Kier alpha value is -1.40. The zero-order chi connectivity index (χ0) is 20.9. The van der Waals surface area contributed by atoms with Gasteiger partial charge in [0.05, 0.1) is 12.9 Å². The van der Waals surface area contributed by atoms with Crippen LogP contribution in [0.15, 0.2) is 24.3 Å². The normalized spacial score (nSPS) is 30.0. The van der Waals surface area contributed by atoms with E-state index in [9.17, 15) is 13.2 Å². The molecule has 1 N–H and O–H groups in total. The van der Waals surface area contributed by atoms with Gasteiger partial charge in [0, 0.05) is 23.8 Å². The molecular weight excluding hydrogens is 386 g/mol. The molecular formula is C23H33NO4S. The maximum absolute atomic E-state index is 13.1. The average molecular weight is 420 g/mol. The number of Topliss-reactive ketones (excluding diaryl/α,β-unsaturated/α-hetero) is 1. The van der Waals surface area contributed by atoms with Gasteiger partial charge in [0.15, 0.2) is 0 Å². The van der Waals surface area contributed by atoms with E-state index in [2.05, 4.69) is 30.7 Å². The van der Waals surface area contributed by atoms with Gasteiger partial charge in [-0.05, 0) is 54.7 Å². The van der Waals surface area contributed by atoms with Crippen molar-refractivity contribution in [3.05, 3.63) is 29.8 Å². The van der Waals surface area contributed by atoms with Gasteiger partial charge in [-0.1, -0.05) is 38.8 Å². The first kappa shape index (κ1) is 20.9. The van der Waals surface area contributed by atoms with E-state index in [-0.39, 0.29) is 22.4 Å². The SMILES string of the molecule is COc1ccc(C2(CNS(=O)(=O)C[C@]34CC[C@@H](CC3=O)C4(C)C)CCCC2)cc1. The van der Waals surface area contributed by atoms with Crippen molar-refractivity contribution in [3.63, 3.8) is 0 Å². The van der Waals surface area contributed by atoms with Crippen molar-refractivity contribution in [1.29, 1.82) is 0 Å². The molecule has 0 aromatic heterocycles. The summed E-state index contributed by atoms with van der Waals surface area (Å²) < 4.78 is 34.5. The van der Waals surface area contributed by atoms with Crippen LogP contribution in [0.1, 0.15) is 64.4 Å². The first-order valence-corrected chi connectivity index (χ1v) is 12.4. The first-order chi connectivity index (χ1) is 13.6. The molecule has 160 valence electrons. The number of hydrogen-bond acceptors (Lipinski definition) is 4. The Morgan fingerprint density at radius 3 is 2.28 bits per heavy atom. The first-order valence-electron chi connectivity index (χ1n) is 10.8. The van der Waals surface area contributed by atoms with Crippen LogP contribution < -0.4 is 9.46 Å². The second kappa shape index (κ2) is 7.09. The number of carbonyl (C=O) groups is 1. The summed E-state index contributed by atoms with van der Waals surface area (Å²) >= 11 is 0. The van der Waals surface area contributed by atoms with Gasteiger partial charge in [-0.2, -0.15) is 0 Å². The Balaban J connectivity index is 1.52. The Labute approximate surface area is 174 Å². The molecule has 2 bridgehead atoms. The molecule has 29 heavy (non-hydrogen) atoms. The van der Waals surface area contributed by atoms with Crippen molar-refractivity contribution in [1.82, 2.24) is 4.72 Å². The smallest absolute Gasteiger partial charge is 0.212 e. The van der Waals surface area contributed by atoms with Gasteiger partial charge in [-0.25, -0.2) is 13.1 Å². The minimum atomic E-state index is -3.55. The fourth-order valence-electron chi connectivity index (χ4n) is 6.30. The van der Waals surface area contributed by atoms with Crippen LogP contribution in [0.4, 0.5) is 0 Å². The molecule has 5 nitrogen and oxygen atoms in total. The van der Waals surface area contributed by atoms with Crippen LogP contribution in [-0.4, -0.2) is 33.6 Å². The number of nitrogens with one attached hydrogen (secondary N) is 1. The fourth-order valence-corrected chi connectivity index (χ4v) is 8.22. The summed E-state index contributed by atoms with van der Waals surface area (Å²) in [7, 11) is -1.91. The Bertz CT molecular complexity index is 884. The molecule has 0 aliphatic heterocycles. The van der Waals surface area contributed by atoms with Crippen molar-refractivity contribution in [3.8, 4) is 5.75 Å². The largest absolute Gasteiger partial charge is 0.497 e. The summed E-state index contributed by atoms with van der Waals surface area (Å²) in [6, 6.07) is 8.01. The molecule has 0 unspecified atom stereocenters. The second-order valence-electron chi connectivity index (χ2n) is 9.96. The van der Waals surface area contributed by atoms with Crippen molar-refractivity contribution in [2.24, 2.45) is 16.7 Å². The third-order valence-electron chi connectivity index (χ3n) is 8.47. The highest BCUT2D eigenvalue weighted by Gasteiger charge is 2.65. The van der Waals surface area contributed by atoms with Crippen molar-refractivity contribution in [2.75, 3.05) is 19.4 Å². The van der Waals surface area contributed by atoms with E-state index in [4.69, 9.17) is 4.74 Å². The molecule has 3 aliphatic rings. The van der Waals surface area contributed by atoms with E-state index < -0.39 is 15.4 Å². The van der Waals surface area contributed by atoms with E-state index in [1.807, 2.05) is 12.1 Å². The lowest BCUT2D eigenvalue weighted by Gasteiger charge is -2.37. The lowest BCUT2D eigenvalue weighted by Crippen LogP contribution is -2.47. The van der Waals surface area contributed by atoms with Gasteiger partial charge in [0.25, 0.3) is 0 Å². The molecule has 0 saturated heterocycles. The van der Waals surface area contributed by atoms with Crippen molar-refractivity contribution < 1.29 is 17.9 Å². The number of ketones is 1. The maximum Gasteiger partial charge on any atom is 0.212 e. The summed E-state index contributed by atoms with van der Waals surface area (Å²) in [6.45, 7) is 4.57. The van der Waals surface area contributed by atoms with Crippen LogP contribution in [0, 0.1) is 16.7 Å². The summed E-state index contributed by atoms with van der Waals surface area (Å²) in [5.41, 5.74) is 0.0337. The lowest BCUT2D eigenvalue weighted by atomic mass is 9.70. The van der Waals surface area contributed by atoms with Crippen LogP contribution in [0.25, 0.3) is 0 Å². The highest BCUT2D eigenvalue weighted by atomic mass is 32.2. The number of carbonyl (C=O) groups excluding carboxylic acids is 1. The molecule has 3 aliphatic carbocycles. The molecule has 0 heterocycles. The quantitative estimate of drug-likeness (QED) is 0.729. The Morgan fingerprint density at radius 2 is 1.76 bits per heavy atom. The molecule has 1 aromatic rings. The highest BCUT2D eigenvalue weighted by Crippen LogP contribution is 2.64. The molecule has 3 saturated carbocycles. The third kappa shape index (κ3) is 3.32. The number of rotatable bonds is 7. The molecule has 0 spiro atoms. The summed E-state index contributed by atoms with van der Waals surface area (Å²) in [5, 5.41) is 0. The maximum atomic E-state index is 13.1. The van der Waals surface area contributed by atoms with E-state index >= 15 is 0 Å². The van der Waals surface area contributed by atoms with E-state index in [0.717, 1.165) is 43.4 Å². The molecule has 3 fully saturated rings. The Kier molecular flexibility index (Phi) is 5.10. The second-order valence-corrected chi connectivity index (χ2v) is 11.8. The number of benzene rings is 1. The van der Waals surface area contributed by atoms with Gasteiger partial charge in [-0.15, -0.1) is 0 Å². The predicted molar refractivity (Wildman–Crippen MR) is 113 cm³/mol. The van der Waals surface area contributed by atoms with Gasteiger partial charge >= 0.3 is 0 Å². The summed E-state index contributed by atoms with van der Waals surface area (Å²) in [5.74, 6) is 1.21. The van der Waals surface area contributed by atoms with Crippen LogP contribution in [0.2, 0.25) is 0 Å². The summed E-state index contributed by atoms with van der Waals surface area (Å²) in [4.78, 5) is 12.8. The molecule has 0 radical (unpaired) electrons. The minimum Gasteiger partial charge on any atom is -0.497 e. The van der Waals surface area contributed by atoms with Gasteiger partial charge in [-0.3, -0.25) is 4.79 Å². The molecule has 4 rings (SSSR count). The van der Waals surface area contributed by atoms with Crippen LogP contribution >= 0.6 is 0 Å². The third-order valence-corrected chi connectivity index (χ3v) is 9.93. The molecule has 2 atom stereocenters. The number of sulfonamides is 1. The summed E-state index contributed by atoms with van der Waals surface area (Å²) in [6.07, 6.45) is 6.35. The van der Waals surface area contributed by atoms with Crippen LogP contribution in [0.5, 0.6) is 5.75 Å². The zero-order valence-electron chi connectivity index (χ0n) is 17.8. The minimum absolute atomic E-state index is 0.0684. The number of hydrogen-bond donors (Lipinski definition) is 1. The molecule has 0 amide bonds. The van der Waals surface area contributed by atoms with E-state index in [0.29, 0.717) is 25.3 Å². The lowest BCUT2D eigenvalue weighted by molar-refractivity contribution is -0.128. The van der Waals surface area contributed by atoms with Gasteiger partial charge < -0.3 is 4.74 Å². The number of fused-ring (bicyclic) bond motifs is 2. The number of methoxy groups -OCH3 is 1. The molecule has 1 aromatic carbocycles. The van der Waals surface area contributed by atoms with Gasteiger partial charge in [0.1, 0.15) is 11.5 Å². The van der Waals surface area contributed by atoms with E-state index in [1.54, 1.807) is 7.11 Å². The standard InChI is InChI=1S/C23H33NO4S/c1-21(2)18-10-13-23(21,20(25)14-18)16-29(26,27)24-15-22(11-4-5-12-22)17-6-8-19(28-3)9-7-17/h6-9,18,24H,4-5,10-16H2,1-3H3/t18-,23+/m0/s1. The Morgan fingerprint density at radius 1 is 1.10 bits per heavy atom. The topological polar surface area (TPSA) is 72.5 Å². The monoisotopic (exact) mass is 419 g/mol. The highest BCUT2D eigenvalue weighted by molar-refractivity contribution is 7.89. The van der Waals surface area contributed by atoms with Crippen LogP contribution in [0.3, 0.4) is 0 Å².